The minimum Gasteiger partial charge on any atom is -0.456 e. The summed E-state index contributed by atoms with van der Waals surface area (Å²) < 4.78 is 6.33. The van der Waals surface area contributed by atoms with E-state index in [0.29, 0.717) is 0 Å². The molecule has 3 nitrogen and oxygen atoms in total. The first kappa shape index (κ1) is 22.9. The highest BCUT2D eigenvalue weighted by Gasteiger charge is 2.19. The first-order valence-electron chi connectivity index (χ1n) is 13.1. The molecule has 1 aromatic heterocycles. The van der Waals surface area contributed by atoms with Gasteiger partial charge in [-0.1, -0.05) is 84.9 Å². The van der Waals surface area contributed by atoms with Crippen LogP contribution in [-0.4, -0.2) is 0 Å². The average molecular weight is 503 g/mol. The maximum absolute atomic E-state index is 6.33. The number of anilines is 5. The van der Waals surface area contributed by atoms with Crippen LogP contribution in [0.2, 0.25) is 0 Å². The topological polar surface area (TPSA) is 28.4 Å². The van der Waals surface area contributed by atoms with E-state index in [9.17, 15) is 0 Å². The van der Waals surface area contributed by atoms with Crippen LogP contribution in [0.25, 0.3) is 33.1 Å². The van der Waals surface area contributed by atoms with Crippen LogP contribution in [0.3, 0.4) is 0 Å². The van der Waals surface area contributed by atoms with Gasteiger partial charge in [-0.2, -0.15) is 0 Å². The van der Waals surface area contributed by atoms with E-state index in [0.717, 1.165) is 50.4 Å². The number of para-hydroxylation sites is 2. The van der Waals surface area contributed by atoms with Gasteiger partial charge in [0.1, 0.15) is 11.2 Å². The Hall–Kier alpha value is -5.28. The van der Waals surface area contributed by atoms with Crippen molar-refractivity contribution in [3.63, 3.8) is 0 Å². The summed E-state index contributed by atoms with van der Waals surface area (Å²) in [5.74, 6) is 0. The van der Waals surface area contributed by atoms with Crippen molar-refractivity contribution in [2.45, 2.75) is 0 Å². The molecule has 39 heavy (non-hydrogen) atoms. The van der Waals surface area contributed by atoms with Gasteiger partial charge in [-0.25, -0.2) is 0 Å². The van der Waals surface area contributed by atoms with Gasteiger partial charge in [0.15, 0.2) is 0 Å². The summed E-state index contributed by atoms with van der Waals surface area (Å²) in [6.07, 6.45) is 0. The largest absolute Gasteiger partial charge is 0.456 e. The van der Waals surface area contributed by atoms with Crippen molar-refractivity contribution in [1.29, 1.82) is 0 Å². The standard InChI is InChI=1S/C36H26N2O/c1-4-11-26(12-5-1)27-19-21-28(22-20-27)37-29-23-24-34-32(25-29)36-33(17-10-18-35(36)39-34)38(30-13-6-2-7-14-30)31-15-8-3-9-16-31/h1-25,37H. The zero-order valence-corrected chi connectivity index (χ0v) is 21.3. The molecule has 0 radical (unpaired) electrons. The highest BCUT2D eigenvalue weighted by atomic mass is 16.3. The van der Waals surface area contributed by atoms with Gasteiger partial charge in [-0.3, -0.25) is 0 Å². The molecule has 1 heterocycles. The fourth-order valence-electron chi connectivity index (χ4n) is 5.20. The Morgan fingerprint density at radius 2 is 1.05 bits per heavy atom. The van der Waals surface area contributed by atoms with Crippen LogP contribution in [-0.2, 0) is 0 Å². The zero-order valence-electron chi connectivity index (χ0n) is 21.3. The second-order valence-corrected chi connectivity index (χ2v) is 9.54. The number of rotatable bonds is 6. The van der Waals surface area contributed by atoms with Crippen molar-refractivity contribution in [2.24, 2.45) is 0 Å². The van der Waals surface area contributed by atoms with E-state index < -0.39 is 0 Å². The molecule has 0 aliphatic heterocycles. The summed E-state index contributed by atoms with van der Waals surface area (Å²) in [6, 6.07) is 52.5. The van der Waals surface area contributed by atoms with Crippen LogP contribution in [0.5, 0.6) is 0 Å². The van der Waals surface area contributed by atoms with E-state index >= 15 is 0 Å². The van der Waals surface area contributed by atoms with Crippen LogP contribution in [0.1, 0.15) is 0 Å². The summed E-state index contributed by atoms with van der Waals surface area (Å²) in [7, 11) is 0. The summed E-state index contributed by atoms with van der Waals surface area (Å²) in [5.41, 5.74) is 9.46. The predicted octanol–water partition coefficient (Wildman–Crippen LogP) is 10.5. The van der Waals surface area contributed by atoms with Gasteiger partial charge in [0.25, 0.3) is 0 Å². The molecule has 0 unspecified atom stereocenters. The van der Waals surface area contributed by atoms with E-state index in [2.05, 4.69) is 138 Å². The third-order valence-corrected chi connectivity index (χ3v) is 7.02. The lowest BCUT2D eigenvalue weighted by molar-refractivity contribution is 0.669. The van der Waals surface area contributed by atoms with Gasteiger partial charge >= 0.3 is 0 Å². The molecule has 0 bridgehead atoms. The van der Waals surface area contributed by atoms with E-state index in [-0.39, 0.29) is 0 Å². The van der Waals surface area contributed by atoms with Crippen LogP contribution in [0.4, 0.5) is 28.4 Å². The fraction of sp³-hybridized carbons (Fsp3) is 0. The van der Waals surface area contributed by atoms with Gasteiger partial charge < -0.3 is 14.6 Å². The van der Waals surface area contributed by atoms with Crippen molar-refractivity contribution in [1.82, 2.24) is 0 Å². The van der Waals surface area contributed by atoms with Crippen LogP contribution >= 0.6 is 0 Å². The maximum atomic E-state index is 6.33. The third kappa shape index (κ3) is 4.41. The van der Waals surface area contributed by atoms with Crippen LogP contribution in [0.15, 0.2) is 156 Å². The third-order valence-electron chi connectivity index (χ3n) is 7.02. The van der Waals surface area contributed by atoms with Crippen LogP contribution in [0, 0.1) is 0 Å². The summed E-state index contributed by atoms with van der Waals surface area (Å²) in [4.78, 5) is 2.29. The number of nitrogens with zero attached hydrogens (tertiary/aromatic N) is 1. The average Bonchev–Trinajstić information content (AvgIpc) is 3.38. The lowest BCUT2D eigenvalue weighted by Crippen LogP contribution is -2.09. The molecule has 0 atom stereocenters. The van der Waals surface area contributed by atoms with E-state index in [1.807, 2.05) is 24.3 Å². The number of furan rings is 1. The Labute approximate surface area is 227 Å². The van der Waals surface area contributed by atoms with E-state index in [1.165, 1.54) is 11.1 Å². The molecule has 0 amide bonds. The van der Waals surface area contributed by atoms with Gasteiger partial charge in [-0.15, -0.1) is 0 Å². The predicted molar refractivity (Wildman–Crippen MR) is 164 cm³/mol. The van der Waals surface area contributed by atoms with E-state index in [4.69, 9.17) is 4.42 Å². The highest BCUT2D eigenvalue weighted by Crippen LogP contribution is 2.43. The molecule has 186 valence electrons. The van der Waals surface area contributed by atoms with Gasteiger partial charge in [-0.05, 0) is 77.9 Å². The number of hydrogen-bond acceptors (Lipinski definition) is 3. The van der Waals surface area contributed by atoms with E-state index in [1.54, 1.807) is 0 Å². The Bertz CT molecular complexity index is 1820. The number of benzene rings is 6. The Morgan fingerprint density at radius 1 is 0.462 bits per heavy atom. The number of nitrogens with one attached hydrogen (secondary N) is 1. The molecule has 0 spiro atoms. The minimum absolute atomic E-state index is 0.864. The molecule has 7 rings (SSSR count). The first-order valence-corrected chi connectivity index (χ1v) is 13.1. The zero-order chi connectivity index (χ0) is 26.0. The van der Waals surface area contributed by atoms with Crippen molar-refractivity contribution < 1.29 is 4.42 Å². The van der Waals surface area contributed by atoms with Crippen molar-refractivity contribution in [3.05, 3.63) is 152 Å². The summed E-state index contributed by atoms with van der Waals surface area (Å²) in [5, 5.41) is 5.74. The molecule has 0 aliphatic carbocycles. The monoisotopic (exact) mass is 502 g/mol. The van der Waals surface area contributed by atoms with Crippen molar-refractivity contribution >= 4 is 50.4 Å². The SMILES string of the molecule is c1ccc(-c2ccc(Nc3ccc4oc5cccc(N(c6ccccc6)c6ccccc6)c5c4c3)cc2)cc1. The summed E-state index contributed by atoms with van der Waals surface area (Å²) >= 11 is 0. The van der Waals surface area contributed by atoms with Crippen molar-refractivity contribution in [2.75, 3.05) is 10.2 Å². The fourth-order valence-corrected chi connectivity index (χ4v) is 5.20. The molecule has 6 aromatic carbocycles. The Kier molecular flexibility index (Phi) is 5.80. The molecule has 7 aromatic rings. The first-order chi connectivity index (χ1) is 19.3. The highest BCUT2D eigenvalue weighted by molar-refractivity contribution is 6.14. The molecule has 0 aliphatic rings. The lowest BCUT2D eigenvalue weighted by atomic mass is 10.1. The molecule has 1 N–H and O–H groups in total. The second kappa shape index (κ2) is 9.88. The minimum atomic E-state index is 0.864. The molecule has 0 saturated carbocycles. The molecular weight excluding hydrogens is 476 g/mol. The second-order valence-electron chi connectivity index (χ2n) is 9.54. The smallest absolute Gasteiger partial charge is 0.137 e. The summed E-state index contributed by atoms with van der Waals surface area (Å²) in [6.45, 7) is 0. The normalized spacial score (nSPS) is 11.1. The number of hydrogen-bond donors (Lipinski definition) is 1. The van der Waals surface area contributed by atoms with Gasteiger partial charge in [0, 0.05) is 28.1 Å². The van der Waals surface area contributed by atoms with Crippen molar-refractivity contribution in [3.8, 4) is 11.1 Å². The Morgan fingerprint density at radius 3 is 1.72 bits per heavy atom. The molecule has 0 saturated heterocycles. The van der Waals surface area contributed by atoms with Crippen LogP contribution < -0.4 is 10.2 Å². The quantitative estimate of drug-likeness (QED) is 0.245. The molecule has 3 heteroatoms. The molecular formula is C36H26N2O. The Balaban J connectivity index is 1.31. The maximum Gasteiger partial charge on any atom is 0.137 e. The van der Waals surface area contributed by atoms with Gasteiger partial charge in [0.05, 0.1) is 11.1 Å². The molecule has 0 fully saturated rings. The lowest BCUT2D eigenvalue weighted by Gasteiger charge is -2.26. The number of fused-ring (bicyclic) bond motifs is 3. The van der Waals surface area contributed by atoms with Gasteiger partial charge in [0.2, 0.25) is 0 Å².